The van der Waals surface area contributed by atoms with Gasteiger partial charge in [-0.3, -0.25) is 9.36 Å². The van der Waals surface area contributed by atoms with E-state index in [1.807, 2.05) is 28.8 Å². The molecule has 0 spiro atoms. The quantitative estimate of drug-likeness (QED) is 0.378. The van der Waals surface area contributed by atoms with Crippen molar-refractivity contribution in [1.82, 2.24) is 14.8 Å². The Bertz CT molecular complexity index is 1070. The lowest BCUT2D eigenvalue weighted by atomic mass is 10.2. The van der Waals surface area contributed by atoms with Crippen molar-refractivity contribution in [3.05, 3.63) is 55.1 Å². The molecule has 0 atom stereocenters. The number of ether oxygens (including phenoxy) is 3. The van der Waals surface area contributed by atoms with Crippen molar-refractivity contribution >= 4 is 23.4 Å². The van der Waals surface area contributed by atoms with E-state index in [4.69, 9.17) is 14.2 Å². The van der Waals surface area contributed by atoms with E-state index in [2.05, 4.69) is 22.1 Å². The average Bonchev–Trinajstić information content (AvgIpc) is 3.20. The van der Waals surface area contributed by atoms with Crippen LogP contribution in [0.2, 0.25) is 0 Å². The zero-order chi connectivity index (χ0) is 22.2. The number of nitrogens with one attached hydrogen (secondary N) is 1. The number of anilines is 1. The summed E-state index contributed by atoms with van der Waals surface area (Å²) < 4.78 is 17.7. The fourth-order valence-electron chi connectivity index (χ4n) is 2.91. The number of hydrogen-bond donors (Lipinski definition) is 1. The molecule has 9 heteroatoms. The van der Waals surface area contributed by atoms with Gasteiger partial charge in [0.2, 0.25) is 5.91 Å². The third-order valence-electron chi connectivity index (χ3n) is 4.36. The highest BCUT2D eigenvalue weighted by molar-refractivity contribution is 7.99. The molecule has 0 radical (unpaired) electrons. The second-order valence-corrected chi connectivity index (χ2v) is 7.29. The van der Waals surface area contributed by atoms with Crippen molar-refractivity contribution in [3.8, 4) is 28.6 Å². The molecule has 2 aromatic carbocycles. The van der Waals surface area contributed by atoms with Gasteiger partial charge in [-0.2, -0.15) is 0 Å². The third kappa shape index (κ3) is 5.37. The van der Waals surface area contributed by atoms with E-state index in [1.54, 1.807) is 45.6 Å². The molecule has 8 nitrogen and oxygen atoms in total. The first-order valence-corrected chi connectivity index (χ1v) is 10.4. The zero-order valence-electron chi connectivity index (χ0n) is 17.6. The van der Waals surface area contributed by atoms with E-state index < -0.39 is 0 Å². The van der Waals surface area contributed by atoms with Crippen molar-refractivity contribution in [3.63, 3.8) is 0 Å². The molecule has 1 heterocycles. The average molecular weight is 441 g/mol. The molecular weight excluding hydrogens is 416 g/mol. The summed E-state index contributed by atoms with van der Waals surface area (Å²) >= 11 is 1.30. The Morgan fingerprint density at radius 2 is 1.90 bits per heavy atom. The van der Waals surface area contributed by atoms with Crippen LogP contribution in [0.5, 0.6) is 17.2 Å². The van der Waals surface area contributed by atoms with Crippen molar-refractivity contribution in [2.75, 3.05) is 32.4 Å². The lowest BCUT2D eigenvalue weighted by Crippen LogP contribution is -2.14. The van der Waals surface area contributed by atoms with Crippen LogP contribution in [0.25, 0.3) is 11.4 Å². The van der Waals surface area contributed by atoms with Gasteiger partial charge in [-0.05, 0) is 24.3 Å². The summed E-state index contributed by atoms with van der Waals surface area (Å²) in [5.74, 6) is 2.55. The highest BCUT2D eigenvalue weighted by atomic mass is 32.2. The van der Waals surface area contributed by atoms with Gasteiger partial charge < -0.3 is 19.5 Å². The van der Waals surface area contributed by atoms with Gasteiger partial charge in [0, 0.05) is 23.9 Å². The van der Waals surface area contributed by atoms with Crippen LogP contribution in [0.4, 0.5) is 5.69 Å². The van der Waals surface area contributed by atoms with Gasteiger partial charge in [0.15, 0.2) is 22.5 Å². The standard InChI is InChI=1S/C22H24N4O4S/c1-5-11-26-21(15-7-6-8-17(12-15)28-2)24-25-22(26)31-14-20(27)23-16-9-10-18(29-3)19(13-16)30-4/h5-10,12-13H,1,11,14H2,2-4H3,(H,23,27). The summed E-state index contributed by atoms with van der Waals surface area (Å²) in [6, 6.07) is 12.8. The van der Waals surface area contributed by atoms with Crippen molar-refractivity contribution in [2.45, 2.75) is 11.7 Å². The first-order valence-electron chi connectivity index (χ1n) is 9.42. The van der Waals surface area contributed by atoms with Crippen LogP contribution in [0.3, 0.4) is 0 Å². The van der Waals surface area contributed by atoms with Gasteiger partial charge in [-0.1, -0.05) is 30.0 Å². The first kappa shape index (κ1) is 22.2. The van der Waals surface area contributed by atoms with E-state index in [-0.39, 0.29) is 11.7 Å². The van der Waals surface area contributed by atoms with Gasteiger partial charge >= 0.3 is 0 Å². The minimum absolute atomic E-state index is 0.168. The summed E-state index contributed by atoms with van der Waals surface area (Å²) in [6.07, 6.45) is 1.76. The molecule has 1 aromatic heterocycles. The molecule has 0 fully saturated rings. The van der Waals surface area contributed by atoms with Crippen molar-refractivity contribution < 1.29 is 19.0 Å². The van der Waals surface area contributed by atoms with E-state index in [1.165, 1.54) is 11.8 Å². The minimum Gasteiger partial charge on any atom is -0.497 e. The Morgan fingerprint density at radius 1 is 1.10 bits per heavy atom. The normalized spacial score (nSPS) is 10.4. The number of amides is 1. The van der Waals surface area contributed by atoms with E-state index in [0.29, 0.717) is 34.7 Å². The van der Waals surface area contributed by atoms with Crippen molar-refractivity contribution in [1.29, 1.82) is 0 Å². The lowest BCUT2D eigenvalue weighted by Gasteiger charge is -2.11. The Labute approximate surface area is 185 Å². The van der Waals surface area contributed by atoms with Gasteiger partial charge in [-0.25, -0.2) is 0 Å². The second kappa shape index (κ2) is 10.5. The summed E-state index contributed by atoms with van der Waals surface area (Å²) in [5.41, 5.74) is 1.49. The Balaban J connectivity index is 1.72. The smallest absolute Gasteiger partial charge is 0.234 e. The van der Waals surface area contributed by atoms with Crippen LogP contribution >= 0.6 is 11.8 Å². The van der Waals surface area contributed by atoms with Crippen molar-refractivity contribution in [2.24, 2.45) is 0 Å². The molecule has 3 aromatic rings. The lowest BCUT2D eigenvalue weighted by molar-refractivity contribution is -0.113. The molecule has 0 aliphatic heterocycles. The third-order valence-corrected chi connectivity index (χ3v) is 5.32. The van der Waals surface area contributed by atoms with Crippen LogP contribution in [-0.2, 0) is 11.3 Å². The molecule has 0 saturated heterocycles. The number of rotatable bonds is 10. The molecule has 0 bridgehead atoms. The maximum Gasteiger partial charge on any atom is 0.234 e. The number of nitrogens with zero attached hydrogens (tertiary/aromatic N) is 3. The maximum absolute atomic E-state index is 12.5. The molecule has 31 heavy (non-hydrogen) atoms. The van der Waals surface area contributed by atoms with Gasteiger partial charge in [0.25, 0.3) is 0 Å². The minimum atomic E-state index is -0.173. The number of hydrogen-bond acceptors (Lipinski definition) is 7. The highest BCUT2D eigenvalue weighted by Gasteiger charge is 2.16. The molecule has 3 rings (SSSR count). The summed E-state index contributed by atoms with van der Waals surface area (Å²) in [5, 5.41) is 12.1. The Morgan fingerprint density at radius 3 is 2.61 bits per heavy atom. The molecule has 1 amide bonds. The van der Waals surface area contributed by atoms with Crippen LogP contribution in [0, 0.1) is 0 Å². The number of benzene rings is 2. The summed E-state index contributed by atoms with van der Waals surface area (Å²) in [6.45, 7) is 4.33. The summed E-state index contributed by atoms with van der Waals surface area (Å²) in [4.78, 5) is 12.5. The Hall–Kier alpha value is -3.46. The highest BCUT2D eigenvalue weighted by Crippen LogP contribution is 2.30. The Kier molecular flexibility index (Phi) is 7.55. The van der Waals surface area contributed by atoms with Crippen LogP contribution < -0.4 is 19.5 Å². The monoisotopic (exact) mass is 440 g/mol. The SMILES string of the molecule is C=CCn1c(SCC(=O)Nc2ccc(OC)c(OC)c2)nnc1-c1cccc(OC)c1. The van der Waals surface area contributed by atoms with E-state index in [9.17, 15) is 4.79 Å². The van der Waals surface area contributed by atoms with Gasteiger partial charge in [0.1, 0.15) is 5.75 Å². The molecule has 162 valence electrons. The zero-order valence-corrected chi connectivity index (χ0v) is 18.4. The molecule has 1 N–H and O–H groups in total. The molecule has 0 unspecified atom stereocenters. The summed E-state index contributed by atoms with van der Waals surface area (Å²) in [7, 11) is 4.73. The molecular formula is C22H24N4O4S. The van der Waals surface area contributed by atoms with Crippen LogP contribution in [0.15, 0.2) is 60.3 Å². The number of thioether (sulfide) groups is 1. The number of carbonyl (C=O) groups is 1. The van der Waals surface area contributed by atoms with E-state index in [0.717, 1.165) is 11.3 Å². The topological polar surface area (TPSA) is 87.5 Å². The van der Waals surface area contributed by atoms with E-state index >= 15 is 0 Å². The largest absolute Gasteiger partial charge is 0.497 e. The predicted molar refractivity (Wildman–Crippen MR) is 121 cm³/mol. The van der Waals surface area contributed by atoms with Crippen LogP contribution in [0.1, 0.15) is 0 Å². The molecule has 0 aliphatic carbocycles. The number of aromatic nitrogens is 3. The number of carbonyl (C=O) groups excluding carboxylic acids is 1. The molecule has 0 saturated carbocycles. The first-order chi connectivity index (χ1) is 15.1. The predicted octanol–water partition coefficient (Wildman–Crippen LogP) is 3.89. The number of methoxy groups -OCH3 is 3. The van der Waals surface area contributed by atoms with Gasteiger partial charge in [0.05, 0.1) is 27.1 Å². The second-order valence-electron chi connectivity index (χ2n) is 6.34. The maximum atomic E-state index is 12.5. The van der Waals surface area contributed by atoms with Crippen LogP contribution in [-0.4, -0.2) is 47.8 Å². The molecule has 0 aliphatic rings. The number of allylic oxidation sites excluding steroid dienone is 1. The fourth-order valence-corrected chi connectivity index (χ4v) is 3.65. The fraction of sp³-hybridized carbons (Fsp3) is 0.227. The van der Waals surface area contributed by atoms with Gasteiger partial charge in [-0.15, -0.1) is 16.8 Å².